The van der Waals surface area contributed by atoms with E-state index in [2.05, 4.69) is 34.8 Å². The molecular formula is C18H22N2O. The van der Waals surface area contributed by atoms with Crippen LogP contribution in [0.4, 0.5) is 0 Å². The molecule has 0 aliphatic rings. The predicted molar refractivity (Wildman–Crippen MR) is 88.0 cm³/mol. The van der Waals surface area contributed by atoms with Crippen LogP contribution in [0.2, 0.25) is 0 Å². The van der Waals surface area contributed by atoms with E-state index in [-0.39, 0.29) is 6.10 Å². The quantitative estimate of drug-likeness (QED) is 0.618. The van der Waals surface area contributed by atoms with Crippen molar-refractivity contribution in [3.8, 4) is 0 Å². The molecule has 0 spiro atoms. The van der Waals surface area contributed by atoms with E-state index in [1.807, 2.05) is 25.1 Å². The van der Waals surface area contributed by atoms with Gasteiger partial charge < -0.3 is 5.11 Å². The number of aromatic nitrogens is 2. The summed E-state index contributed by atoms with van der Waals surface area (Å²) in [6.07, 6.45) is 11.2. The standard InChI is InChI=1S/C18H22N2O/c1-3-7-16-13-19-18-12-15(10-11-17(18)20-16)9-6-4-5-8-14(2)21/h3,6,9-14,21H,1,4-5,7-8H2,2H3/b9-6+. The van der Waals surface area contributed by atoms with Crippen molar-refractivity contribution in [3.05, 3.63) is 54.4 Å². The summed E-state index contributed by atoms with van der Waals surface area (Å²) in [7, 11) is 0. The van der Waals surface area contributed by atoms with Crippen LogP contribution in [0.3, 0.4) is 0 Å². The minimum absolute atomic E-state index is 0.209. The number of rotatable bonds is 7. The minimum atomic E-state index is -0.209. The van der Waals surface area contributed by atoms with E-state index in [0.717, 1.165) is 48.0 Å². The summed E-state index contributed by atoms with van der Waals surface area (Å²) in [5, 5.41) is 9.20. The molecule has 1 heterocycles. The predicted octanol–water partition coefficient (Wildman–Crippen LogP) is 3.92. The molecule has 3 heteroatoms. The molecule has 2 rings (SSSR count). The fraction of sp³-hybridized carbons (Fsp3) is 0.333. The lowest BCUT2D eigenvalue weighted by Crippen LogP contribution is -1.97. The molecule has 110 valence electrons. The van der Waals surface area contributed by atoms with E-state index in [4.69, 9.17) is 0 Å². The number of benzene rings is 1. The molecule has 0 amide bonds. The number of allylic oxidation sites excluding steroid dienone is 2. The van der Waals surface area contributed by atoms with Gasteiger partial charge in [0.05, 0.1) is 22.8 Å². The van der Waals surface area contributed by atoms with Gasteiger partial charge in [-0.3, -0.25) is 4.98 Å². The van der Waals surface area contributed by atoms with Gasteiger partial charge in [0.15, 0.2) is 0 Å². The Morgan fingerprint density at radius 1 is 1.33 bits per heavy atom. The molecule has 2 aromatic rings. The second-order valence-electron chi connectivity index (χ2n) is 5.28. The van der Waals surface area contributed by atoms with E-state index >= 15 is 0 Å². The highest BCUT2D eigenvalue weighted by Gasteiger charge is 1.99. The van der Waals surface area contributed by atoms with Crippen LogP contribution in [0.25, 0.3) is 17.1 Å². The molecule has 0 bridgehead atoms. The Morgan fingerprint density at radius 2 is 2.19 bits per heavy atom. The average Bonchev–Trinajstić information content (AvgIpc) is 2.47. The molecule has 0 fully saturated rings. The Kier molecular flexibility index (Phi) is 5.64. The van der Waals surface area contributed by atoms with Crippen molar-refractivity contribution in [1.82, 2.24) is 9.97 Å². The first-order valence-corrected chi connectivity index (χ1v) is 7.40. The van der Waals surface area contributed by atoms with Gasteiger partial charge in [-0.1, -0.05) is 24.3 Å². The van der Waals surface area contributed by atoms with Crippen LogP contribution in [0.1, 0.15) is 37.4 Å². The fourth-order valence-corrected chi connectivity index (χ4v) is 2.17. The lowest BCUT2D eigenvalue weighted by atomic mass is 10.1. The van der Waals surface area contributed by atoms with Crippen LogP contribution in [0, 0.1) is 0 Å². The van der Waals surface area contributed by atoms with Gasteiger partial charge in [-0.25, -0.2) is 4.98 Å². The first-order valence-electron chi connectivity index (χ1n) is 7.40. The molecule has 1 atom stereocenters. The Balaban J connectivity index is 2.03. The lowest BCUT2D eigenvalue weighted by Gasteiger charge is -2.02. The number of aliphatic hydroxyl groups excluding tert-OH is 1. The number of nitrogens with zero attached hydrogens (tertiary/aromatic N) is 2. The van der Waals surface area contributed by atoms with Gasteiger partial charge in [-0.05, 0) is 43.9 Å². The van der Waals surface area contributed by atoms with Crippen LogP contribution in [0.15, 0.2) is 43.1 Å². The van der Waals surface area contributed by atoms with Gasteiger partial charge in [0.2, 0.25) is 0 Å². The van der Waals surface area contributed by atoms with Gasteiger partial charge in [0, 0.05) is 12.6 Å². The maximum absolute atomic E-state index is 9.20. The Morgan fingerprint density at radius 3 is 2.95 bits per heavy atom. The monoisotopic (exact) mass is 282 g/mol. The van der Waals surface area contributed by atoms with E-state index in [1.165, 1.54) is 0 Å². The molecule has 1 aromatic heterocycles. The smallest absolute Gasteiger partial charge is 0.0892 e. The molecule has 1 aromatic carbocycles. The highest BCUT2D eigenvalue weighted by atomic mass is 16.3. The summed E-state index contributed by atoms with van der Waals surface area (Å²) in [6, 6.07) is 6.11. The third kappa shape index (κ3) is 4.80. The summed E-state index contributed by atoms with van der Waals surface area (Å²) >= 11 is 0. The zero-order chi connectivity index (χ0) is 15.1. The zero-order valence-corrected chi connectivity index (χ0v) is 12.5. The van der Waals surface area contributed by atoms with Crippen LogP contribution in [0.5, 0.6) is 0 Å². The number of hydrogen-bond donors (Lipinski definition) is 1. The molecule has 21 heavy (non-hydrogen) atoms. The van der Waals surface area contributed by atoms with Gasteiger partial charge in [-0.2, -0.15) is 0 Å². The van der Waals surface area contributed by atoms with E-state index in [9.17, 15) is 5.11 Å². The van der Waals surface area contributed by atoms with Crippen molar-refractivity contribution in [1.29, 1.82) is 0 Å². The summed E-state index contributed by atoms with van der Waals surface area (Å²) in [5.41, 5.74) is 3.90. The SMILES string of the molecule is C=CCc1cnc2cc(/C=C/CCCC(C)O)ccc2n1. The molecular weight excluding hydrogens is 260 g/mol. The Hall–Kier alpha value is -2.00. The first-order chi connectivity index (χ1) is 10.2. The van der Waals surface area contributed by atoms with Crippen LogP contribution in [-0.2, 0) is 6.42 Å². The number of unbranched alkanes of at least 4 members (excludes halogenated alkanes) is 1. The highest BCUT2D eigenvalue weighted by Crippen LogP contribution is 2.14. The summed E-state index contributed by atoms with van der Waals surface area (Å²) < 4.78 is 0. The average molecular weight is 282 g/mol. The van der Waals surface area contributed by atoms with Crippen molar-refractivity contribution in [2.45, 2.75) is 38.7 Å². The van der Waals surface area contributed by atoms with Gasteiger partial charge >= 0.3 is 0 Å². The molecule has 0 radical (unpaired) electrons. The Labute approximate surface area is 126 Å². The Bertz CT molecular complexity index is 632. The molecule has 0 aliphatic heterocycles. The van der Waals surface area contributed by atoms with Crippen molar-refractivity contribution in [2.75, 3.05) is 0 Å². The topological polar surface area (TPSA) is 46.0 Å². The van der Waals surface area contributed by atoms with Gasteiger partial charge in [0.25, 0.3) is 0 Å². The third-order valence-electron chi connectivity index (χ3n) is 3.27. The summed E-state index contributed by atoms with van der Waals surface area (Å²) in [4.78, 5) is 9.00. The zero-order valence-electron chi connectivity index (χ0n) is 12.5. The maximum atomic E-state index is 9.20. The van der Waals surface area contributed by atoms with Crippen LogP contribution in [-0.4, -0.2) is 21.2 Å². The normalized spacial score (nSPS) is 12.9. The van der Waals surface area contributed by atoms with Crippen molar-refractivity contribution in [3.63, 3.8) is 0 Å². The number of hydrogen-bond acceptors (Lipinski definition) is 3. The maximum Gasteiger partial charge on any atom is 0.0892 e. The van der Waals surface area contributed by atoms with Crippen molar-refractivity contribution in [2.24, 2.45) is 0 Å². The second-order valence-corrected chi connectivity index (χ2v) is 5.28. The number of fused-ring (bicyclic) bond motifs is 1. The molecule has 3 nitrogen and oxygen atoms in total. The molecule has 0 saturated heterocycles. The third-order valence-corrected chi connectivity index (χ3v) is 3.27. The van der Waals surface area contributed by atoms with E-state index in [0.29, 0.717) is 0 Å². The first kappa shape index (κ1) is 15.4. The number of aliphatic hydroxyl groups is 1. The van der Waals surface area contributed by atoms with Gasteiger partial charge in [0.1, 0.15) is 0 Å². The van der Waals surface area contributed by atoms with E-state index in [1.54, 1.807) is 6.20 Å². The second kappa shape index (κ2) is 7.70. The summed E-state index contributed by atoms with van der Waals surface area (Å²) in [5.74, 6) is 0. The molecule has 0 saturated carbocycles. The summed E-state index contributed by atoms with van der Waals surface area (Å²) in [6.45, 7) is 5.54. The van der Waals surface area contributed by atoms with Crippen LogP contribution < -0.4 is 0 Å². The lowest BCUT2D eigenvalue weighted by molar-refractivity contribution is 0.182. The molecule has 1 N–H and O–H groups in total. The largest absolute Gasteiger partial charge is 0.393 e. The van der Waals surface area contributed by atoms with E-state index < -0.39 is 0 Å². The van der Waals surface area contributed by atoms with Crippen LogP contribution >= 0.6 is 0 Å². The molecule has 0 aliphatic carbocycles. The minimum Gasteiger partial charge on any atom is -0.393 e. The van der Waals surface area contributed by atoms with Gasteiger partial charge in [-0.15, -0.1) is 6.58 Å². The van der Waals surface area contributed by atoms with Crippen molar-refractivity contribution >= 4 is 17.1 Å². The molecule has 1 unspecified atom stereocenters. The highest BCUT2D eigenvalue weighted by molar-refractivity contribution is 5.77. The fourth-order valence-electron chi connectivity index (χ4n) is 2.17. The van der Waals surface area contributed by atoms with Crippen molar-refractivity contribution < 1.29 is 5.11 Å².